The summed E-state index contributed by atoms with van der Waals surface area (Å²) in [4.78, 5) is 14.7. The quantitative estimate of drug-likeness (QED) is 0.742. The number of nitrogens with zero attached hydrogens (tertiary/aromatic N) is 1. The Morgan fingerprint density at radius 2 is 2.17 bits per heavy atom. The van der Waals surface area contributed by atoms with Crippen molar-refractivity contribution in [1.82, 2.24) is 10.2 Å². The standard InChI is InChI=1S/C19H30N2O3/c1-15-6-4-10-21(14-15)11-5-9-20-19(22)13-16-12-17(23-2)7-8-18(16)24-3/h7-8,12,15H,4-6,9-11,13-14H2,1-3H3,(H,20,22). The van der Waals surface area contributed by atoms with Crippen LogP contribution in [0.3, 0.4) is 0 Å². The van der Waals surface area contributed by atoms with E-state index in [0.29, 0.717) is 12.2 Å². The molecule has 24 heavy (non-hydrogen) atoms. The minimum Gasteiger partial charge on any atom is -0.497 e. The summed E-state index contributed by atoms with van der Waals surface area (Å²) in [6.45, 7) is 6.48. The number of piperidine rings is 1. The molecule has 1 aromatic rings. The molecule has 0 aliphatic carbocycles. The van der Waals surface area contributed by atoms with Crippen LogP contribution in [-0.2, 0) is 11.2 Å². The Morgan fingerprint density at radius 3 is 2.88 bits per heavy atom. The van der Waals surface area contributed by atoms with Gasteiger partial charge in [0.25, 0.3) is 0 Å². The third kappa shape index (κ3) is 5.71. The fourth-order valence-corrected chi connectivity index (χ4v) is 3.28. The van der Waals surface area contributed by atoms with E-state index in [4.69, 9.17) is 9.47 Å². The predicted octanol–water partition coefficient (Wildman–Crippen LogP) is 2.48. The molecule has 1 fully saturated rings. The lowest BCUT2D eigenvalue weighted by Gasteiger charge is -2.30. The van der Waals surface area contributed by atoms with Crippen molar-refractivity contribution in [3.8, 4) is 11.5 Å². The molecule has 0 bridgehead atoms. The van der Waals surface area contributed by atoms with Crippen molar-refractivity contribution in [2.45, 2.75) is 32.6 Å². The highest BCUT2D eigenvalue weighted by Crippen LogP contribution is 2.24. The number of rotatable bonds is 8. The van der Waals surface area contributed by atoms with Crippen molar-refractivity contribution in [2.24, 2.45) is 5.92 Å². The van der Waals surface area contributed by atoms with Crippen LogP contribution in [0.2, 0.25) is 0 Å². The molecular formula is C19H30N2O3. The van der Waals surface area contributed by atoms with E-state index in [0.717, 1.165) is 36.7 Å². The van der Waals surface area contributed by atoms with Crippen LogP contribution < -0.4 is 14.8 Å². The maximum Gasteiger partial charge on any atom is 0.224 e. The van der Waals surface area contributed by atoms with Gasteiger partial charge in [-0.3, -0.25) is 4.79 Å². The summed E-state index contributed by atoms with van der Waals surface area (Å²) in [6.07, 6.45) is 3.94. The van der Waals surface area contributed by atoms with Gasteiger partial charge in [0.05, 0.1) is 20.6 Å². The highest BCUT2D eigenvalue weighted by Gasteiger charge is 2.15. The molecule has 5 heteroatoms. The predicted molar refractivity (Wildman–Crippen MR) is 95.7 cm³/mol. The van der Waals surface area contributed by atoms with E-state index < -0.39 is 0 Å². The summed E-state index contributed by atoms with van der Waals surface area (Å²) in [6, 6.07) is 5.52. The van der Waals surface area contributed by atoms with Crippen LogP contribution in [-0.4, -0.2) is 51.2 Å². The maximum absolute atomic E-state index is 12.2. The van der Waals surface area contributed by atoms with Crippen LogP contribution in [0.5, 0.6) is 11.5 Å². The fraction of sp³-hybridized carbons (Fsp3) is 0.632. The Kier molecular flexibility index (Phi) is 7.37. The molecule has 1 aliphatic heterocycles. The van der Waals surface area contributed by atoms with Crippen LogP contribution >= 0.6 is 0 Å². The largest absolute Gasteiger partial charge is 0.497 e. The molecule has 0 spiro atoms. The second kappa shape index (κ2) is 9.52. The van der Waals surface area contributed by atoms with Crippen molar-refractivity contribution < 1.29 is 14.3 Å². The Labute approximate surface area is 145 Å². The average molecular weight is 334 g/mol. The fourth-order valence-electron chi connectivity index (χ4n) is 3.28. The Morgan fingerprint density at radius 1 is 1.33 bits per heavy atom. The van der Waals surface area contributed by atoms with Gasteiger partial charge in [-0.2, -0.15) is 0 Å². The third-order valence-electron chi connectivity index (χ3n) is 4.55. The number of nitrogens with one attached hydrogen (secondary N) is 1. The van der Waals surface area contributed by atoms with E-state index in [-0.39, 0.29) is 5.91 Å². The molecule has 1 aromatic carbocycles. The normalized spacial score (nSPS) is 18.2. The van der Waals surface area contributed by atoms with E-state index in [1.54, 1.807) is 14.2 Å². The summed E-state index contributed by atoms with van der Waals surface area (Å²) < 4.78 is 10.5. The van der Waals surface area contributed by atoms with Gasteiger partial charge in [-0.25, -0.2) is 0 Å². The van der Waals surface area contributed by atoms with Gasteiger partial charge in [-0.1, -0.05) is 6.92 Å². The summed E-state index contributed by atoms with van der Waals surface area (Å²) in [5.74, 6) is 2.27. The molecule has 0 saturated carbocycles. The zero-order valence-electron chi connectivity index (χ0n) is 15.1. The Hall–Kier alpha value is -1.75. The lowest BCUT2D eigenvalue weighted by atomic mass is 10.0. The number of carbonyl (C=O) groups is 1. The van der Waals surface area contributed by atoms with Crippen molar-refractivity contribution in [3.63, 3.8) is 0 Å². The topological polar surface area (TPSA) is 50.8 Å². The van der Waals surface area contributed by atoms with Gasteiger partial charge in [0, 0.05) is 18.7 Å². The maximum atomic E-state index is 12.2. The lowest BCUT2D eigenvalue weighted by molar-refractivity contribution is -0.120. The average Bonchev–Trinajstić information content (AvgIpc) is 2.58. The monoisotopic (exact) mass is 334 g/mol. The van der Waals surface area contributed by atoms with Crippen molar-refractivity contribution in [1.29, 1.82) is 0 Å². The molecule has 134 valence electrons. The molecule has 1 aliphatic rings. The summed E-state index contributed by atoms with van der Waals surface area (Å²) >= 11 is 0. The molecule has 0 radical (unpaired) electrons. The van der Waals surface area contributed by atoms with Gasteiger partial charge in [0.2, 0.25) is 5.91 Å². The molecule has 1 unspecified atom stereocenters. The number of benzene rings is 1. The lowest BCUT2D eigenvalue weighted by Crippen LogP contribution is -2.36. The molecule has 1 saturated heterocycles. The number of ether oxygens (including phenoxy) is 2. The molecular weight excluding hydrogens is 304 g/mol. The number of hydrogen-bond donors (Lipinski definition) is 1. The second-order valence-corrected chi connectivity index (χ2v) is 6.61. The number of carbonyl (C=O) groups excluding carboxylic acids is 1. The molecule has 5 nitrogen and oxygen atoms in total. The van der Waals surface area contributed by atoms with E-state index >= 15 is 0 Å². The molecule has 1 heterocycles. The highest BCUT2D eigenvalue weighted by atomic mass is 16.5. The molecule has 1 atom stereocenters. The highest BCUT2D eigenvalue weighted by molar-refractivity contribution is 5.79. The molecule has 1 N–H and O–H groups in total. The zero-order valence-corrected chi connectivity index (χ0v) is 15.1. The Balaban J connectivity index is 1.73. The number of hydrogen-bond acceptors (Lipinski definition) is 4. The van der Waals surface area contributed by atoms with Crippen molar-refractivity contribution >= 4 is 5.91 Å². The smallest absolute Gasteiger partial charge is 0.224 e. The van der Waals surface area contributed by atoms with Crippen molar-refractivity contribution in [2.75, 3.05) is 40.4 Å². The second-order valence-electron chi connectivity index (χ2n) is 6.61. The van der Waals surface area contributed by atoms with Gasteiger partial charge >= 0.3 is 0 Å². The van der Waals surface area contributed by atoms with E-state index in [1.807, 2.05) is 18.2 Å². The third-order valence-corrected chi connectivity index (χ3v) is 4.55. The summed E-state index contributed by atoms with van der Waals surface area (Å²) in [5, 5.41) is 3.01. The molecule has 0 aromatic heterocycles. The first kappa shape index (κ1) is 18.6. The van der Waals surface area contributed by atoms with Crippen LogP contribution in [0.1, 0.15) is 31.7 Å². The first-order valence-corrected chi connectivity index (χ1v) is 8.82. The number of amides is 1. The van der Waals surface area contributed by atoms with Gasteiger partial charge in [0.15, 0.2) is 0 Å². The molecule has 2 rings (SSSR count). The first-order valence-electron chi connectivity index (χ1n) is 8.82. The zero-order chi connectivity index (χ0) is 17.4. The van der Waals surface area contributed by atoms with Crippen LogP contribution in [0, 0.1) is 5.92 Å². The number of likely N-dealkylation sites (tertiary alicyclic amines) is 1. The van der Waals surface area contributed by atoms with Gasteiger partial charge in [0.1, 0.15) is 11.5 Å². The van der Waals surface area contributed by atoms with Gasteiger partial charge in [-0.15, -0.1) is 0 Å². The summed E-state index contributed by atoms with van der Waals surface area (Å²) in [7, 11) is 3.23. The van der Waals surface area contributed by atoms with Crippen LogP contribution in [0.25, 0.3) is 0 Å². The summed E-state index contributed by atoms with van der Waals surface area (Å²) in [5.41, 5.74) is 0.846. The first-order chi connectivity index (χ1) is 11.6. The van der Waals surface area contributed by atoms with Gasteiger partial charge < -0.3 is 19.7 Å². The van der Waals surface area contributed by atoms with E-state index in [2.05, 4.69) is 17.1 Å². The van der Waals surface area contributed by atoms with Crippen molar-refractivity contribution in [3.05, 3.63) is 23.8 Å². The minimum atomic E-state index is 0.0218. The van der Waals surface area contributed by atoms with Crippen LogP contribution in [0.4, 0.5) is 0 Å². The van der Waals surface area contributed by atoms with E-state index in [9.17, 15) is 4.79 Å². The van der Waals surface area contributed by atoms with Gasteiger partial charge in [-0.05, 0) is 56.5 Å². The van der Waals surface area contributed by atoms with E-state index in [1.165, 1.54) is 25.9 Å². The Bertz CT molecular complexity index is 533. The SMILES string of the molecule is COc1ccc(OC)c(CC(=O)NCCCN2CCCC(C)C2)c1. The molecule has 1 amide bonds. The van der Waals surface area contributed by atoms with Crippen LogP contribution in [0.15, 0.2) is 18.2 Å². The minimum absolute atomic E-state index is 0.0218. The number of methoxy groups -OCH3 is 2.